The van der Waals surface area contributed by atoms with E-state index in [9.17, 15) is 4.79 Å². The number of carbonyl (C=O) groups is 1. The van der Waals surface area contributed by atoms with Gasteiger partial charge in [0, 0.05) is 4.90 Å². The van der Waals surface area contributed by atoms with Crippen molar-refractivity contribution in [3.8, 4) is 5.75 Å². The molecule has 0 heterocycles. The molecule has 0 bridgehead atoms. The van der Waals surface area contributed by atoms with E-state index in [-0.39, 0.29) is 0 Å². The minimum absolute atomic E-state index is 0.493. The third-order valence-electron chi connectivity index (χ3n) is 1.51. The van der Waals surface area contributed by atoms with Crippen molar-refractivity contribution in [3.63, 3.8) is 0 Å². The quantitative estimate of drug-likeness (QED) is 0.408. The zero-order valence-corrected chi connectivity index (χ0v) is 8.63. The lowest BCUT2D eigenvalue weighted by molar-refractivity contribution is -0.105. The summed E-state index contributed by atoms with van der Waals surface area (Å²) in [6, 6.07) is 7.65. The van der Waals surface area contributed by atoms with E-state index in [1.807, 2.05) is 24.3 Å². The maximum atomic E-state index is 10.1. The molecule has 14 heavy (non-hydrogen) atoms. The summed E-state index contributed by atoms with van der Waals surface area (Å²) in [6.45, 7) is 4.08. The van der Waals surface area contributed by atoms with Crippen LogP contribution >= 0.6 is 11.8 Å². The van der Waals surface area contributed by atoms with E-state index in [1.165, 1.54) is 11.8 Å². The summed E-state index contributed by atoms with van der Waals surface area (Å²) in [5.74, 6) is 1.31. The van der Waals surface area contributed by atoms with Gasteiger partial charge in [0.2, 0.25) is 0 Å². The number of ether oxygens (including phenoxy) is 1. The number of carbonyl (C=O) groups excluding carboxylic acids is 1. The molecule has 0 amide bonds. The van der Waals surface area contributed by atoms with E-state index < -0.39 is 0 Å². The van der Waals surface area contributed by atoms with E-state index in [4.69, 9.17) is 4.74 Å². The highest BCUT2D eigenvalue weighted by Gasteiger charge is 1.94. The van der Waals surface area contributed by atoms with E-state index in [0.717, 1.165) is 16.9 Å². The predicted octanol–water partition coefficient (Wildman–Crippen LogP) is 2.54. The molecule has 1 aromatic carbocycles. The molecule has 3 heteroatoms. The standard InChI is InChI=1S/C11H12O2S/c1-2-8-13-10-3-5-11(6-4-10)14-9-7-12/h2-7H,1,8-9H2. The molecule has 0 radical (unpaired) electrons. The molecule has 1 aromatic rings. The van der Waals surface area contributed by atoms with Gasteiger partial charge in [-0.15, -0.1) is 11.8 Å². The Kier molecular flexibility index (Phi) is 4.86. The Morgan fingerprint density at radius 1 is 1.36 bits per heavy atom. The van der Waals surface area contributed by atoms with Gasteiger partial charge in [0.15, 0.2) is 0 Å². The molecule has 0 unspecified atom stereocenters. The molecule has 0 saturated carbocycles. The van der Waals surface area contributed by atoms with Crippen molar-refractivity contribution < 1.29 is 9.53 Å². The van der Waals surface area contributed by atoms with Gasteiger partial charge in [-0.25, -0.2) is 0 Å². The van der Waals surface area contributed by atoms with Crippen LogP contribution in [0.15, 0.2) is 41.8 Å². The Morgan fingerprint density at radius 3 is 2.64 bits per heavy atom. The molecule has 0 aliphatic rings. The molecule has 0 N–H and O–H groups in total. The monoisotopic (exact) mass is 208 g/mol. The number of rotatable bonds is 6. The Morgan fingerprint density at radius 2 is 2.07 bits per heavy atom. The van der Waals surface area contributed by atoms with E-state index in [0.29, 0.717) is 12.4 Å². The van der Waals surface area contributed by atoms with Crippen LogP contribution in [0.5, 0.6) is 5.75 Å². The summed E-state index contributed by atoms with van der Waals surface area (Å²) in [5.41, 5.74) is 0. The number of thioether (sulfide) groups is 1. The maximum Gasteiger partial charge on any atom is 0.130 e. The van der Waals surface area contributed by atoms with Gasteiger partial charge in [-0.05, 0) is 24.3 Å². The fourth-order valence-corrected chi connectivity index (χ4v) is 1.51. The largest absolute Gasteiger partial charge is 0.490 e. The average Bonchev–Trinajstić information content (AvgIpc) is 2.25. The van der Waals surface area contributed by atoms with Gasteiger partial charge in [-0.1, -0.05) is 12.7 Å². The summed E-state index contributed by atoms with van der Waals surface area (Å²) >= 11 is 1.51. The third kappa shape index (κ3) is 3.66. The fraction of sp³-hybridized carbons (Fsp3) is 0.182. The third-order valence-corrected chi connectivity index (χ3v) is 2.42. The molecular weight excluding hydrogens is 196 g/mol. The zero-order valence-electron chi connectivity index (χ0n) is 7.81. The highest BCUT2D eigenvalue weighted by atomic mass is 32.2. The Hall–Kier alpha value is -1.22. The fourth-order valence-electron chi connectivity index (χ4n) is 0.917. The predicted molar refractivity (Wildman–Crippen MR) is 58.9 cm³/mol. The molecule has 2 nitrogen and oxygen atoms in total. The molecule has 0 atom stereocenters. The van der Waals surface area contributed by atoms with Crippen molar-refractivity contribution in [2.45, 2.75) is 4.90 Å². The first-order valence-corrected chi connectivity index (χ1v) is 5.25. The van der Waals surface area contributed by atoms with Crippen LogP contribution in [0.1, 0.15) is 0 Å². The maximum absolute atomic E-state index is 10.1. The van der Waals surface area contributed by atoms with Gasteiger partial charge in [-0.2, -0.15) is 0 Å². The lowest BCUT2D eigenvalue weighted by Crippen LogP contribution is -1.91. The lowest BCUT2D eigenvalue weighted by Gasteiger charge is -2.03. The van der Waals surface area contributed by atoms with Crippen LogP contribution in [0.4, 0.5) is 0 Å². The van der Waals surface area contributed by atoms with E-state index in [2.05, 4.69) is 6.58 Å². The highest BCUT2D eigenvalue weighted by molar-refractivity contribution is 7.99. The van der Waals surface area contributed by atoms with Gasteiger partial charge >= 0.3 is 0 Å². The molecular formula is C11H12O2S. The zero-order chi connectivity index (χ0) is 10.2. The molecule has 0 spiro atoms. The van der Waals surface area contributed by atoms with Crippen LogP contribution in [-0.2, 0) is 4.79 Å². The van der Waals surface area contributed by atoms with E-state index in [1.54, 1.807) is 6.08 Å². The summed E-state index contributed by atoms with van der Waals surface area (Å²) in [5, 5.41) is 0. The number of hydrogen-bond acceptors (Lipinski definition) is 3. The van der Waals surface area contributed by atoms with Gasteiger partial charge in [0.25, 0.3) is 0 Å². The minimum atomic E-state index is 0.493. The SMILES string of the molecule is C=CCOc1ccc(SCC=O)cc1. The molecule has 74 valence electrons. The summed E-state index contributed by atoms with van der Waals surface area (Å²) in [6.07, 6.45) is 2.60. The van der Waals surface area contributed by atoms with Crippen LogP contribution in [0.3, 0.4) is 0 Å². The number of aldehydes is 1. The van der Waals surface area contributed by atoms with Crippen LogP contribution in [0, 0.1) is 0 Å². The van der Waals surface area contributed by atoms with Gasteiger partial charge < -0.3 is 9.53 Å². The van der Waals surface area contributed by atoms with Crippen molar-refractivity contribution in [2.75, 3.05) is 12.4 Å². The number of hydrogen-bond donors (Lipinski definition) is 0. The molecule has 1 rings (SSSR count). The molecule has 0 aliphatic carbocycles. The first-order valence-electron chi connectivity index (χ1n) is 4.27. The second-order valence-electron chi connectivity index (χ2n) is 2.55. The Balaban J connectivity index is 2.49. The molecule has 0 aliphatic heterocycles. The van der Waals surface area contributed by atoms with Gasteiger partial charge in [0.1, 0.15) is 18.6 Å². The van der Waals surface area contributed by atoms with E-state index >= 15 is 0 Å². The summed E-state index contributed by atoms with van der Waals surface area (Å²) in [7, 11) is 0. The lowest BCUT2D eigenvalue weighted by atomic mass is 10.3. The van der Waals surface area contributed by atoms with Crippen molar-refractivity contribution in [2.24, 2.45) is 0 Å². The average molecular weight is 208 g/mol. The summed E-state index contributed by atoms with van der Waals surface area (Å²) in [4.78, 5) is 11.2. The molecule has 0 aromatic heterocycles. The number of benzene rings is 1. The minimum Gasteiger partial charge on any atom is -0.490 e. The van der Waals surface area contributed by atoms with Crippen molar-refractivity contribution in [1.29, 1.82) is 0 Å². The topological polar surface area (TPSA) is 26.3 Å². The Bertz CT molecular complexity index is 262. The first-order chi connectivity index (χ1) is 6.86. The second kappa shape index (κ2) is 6.27. The van der Waals surface area contributed by atoms with Crippen LogP contribution in [0.25, 0.3) is 0 Å². The van der Waals surface area contributed by atoms with Crippen molar-refractivity contribution in [3.05, 3.63) is 36.9 Å². The highest BCUT2D eigenvalue weighted by Crippen LogP contribution is 2.20. The van der Waals surface area contributed by atoms with Gasteiger partial charge in [0.05, 0.1) is 5.75 Å². The smallest absolute Gasteiger partial charge is 0.130 e. The molecule has 0 fully saturated rings. The van der Waals surface area contributed by atoms with Crippen molar-refractivity contribution >= 4 is 18.0 Å². The molecule has 0 saturated heterocycles. The summed E-state index contributed by atoms with van der Waals surface area (Å²) < 4.78 is 5.32. The van der Waals surface area contributed by atoms with Crippen molar-refractivity contribution in [1.82, 2.24) is 0 Å². The van der Waals surface area contributed by atoms with Crippen LogP contribution < -0.4 is 4.74 Å². The normalized spacial score (nSPS) is 9.43. The Labute approximate surface area is 88.0 Å². The van der Waals surface area contributed by atoms with Crippen LogP contribution in [-0.4, -0.2) is 18.6 Å². The van der Waals surface area contributed by atoms with Gasteiger partial charge in [-0.3, -0.25) is 0 Å². The van der Waals surface area contributed by atoms with Crippen LogP contribution in [0.2, 0.25) is 0 Å². The first kappa shape index (κ1) is 10.9. The second-order valence-corrected chi connectivity index (χ2v) is 3.64.